The van der Waals surface area contributed by atoms with Crippen molar-refractivity contribution in [1.29, 1.82) is 0 Å². The van der Waals surface area contributed by atoms with Crippen molar-refractivity contribution in [2.75, 3.05) is 0 Å². The molecule has 0 aromatic rings. The molecule has 2 atom stereocenters. The Morgan fingerprint density at radius 2 is 2.17 bits per heavy atom. The summed E-state index contributed by atoms with van der Waals surface area (Å²) in [6.45, 7) is 4.18. The van der Waals surface area contributed by atoms with E-state index in [1.807, 2.05) is 6.92 Å². The predicted molar refractivity (Wildman–Crippen MR) is 48.0 cm³/mol. The fraction of sp³-hybridized carbons (Fsp3) is 0.900. The minimum Gasteiger partial charge on any atom is -0.481 e. The fourth-order valence-corrected chi connectivity index (χ4v) is 1.93. The summed E-state index contributed by atoms with van der Waals surface area (Å²) in [4.78, 5) is 10.9. The maximum Gasteiger partial charge on any atom is 0.309 e. The quantitative estimate of drug-likeness (QED) is 0.644. The van der Waals surface area contributed by atoms with Crippen molar-refractivity contribution >= 4 is 5.97 Å². The first-order valence-corrected chi connectivity index (χ1v) is 4.87. The first-order valence-electron chi connectivity index (χ1n) is 4.87. The summed E-state index contributed by atoms with van der Waals surface area (Å²) < 4.78 is 0. The van der Waals surface area contributed by atoms with Crippen LogP contribution in [-0.2, 0) is 4.79 Å². The SMILES string of the molecule is CCCCCC1(C(=O)O)CC1C. The molecule has 12 heavy (non-hydrogen) atoms. The van der Waals surface area contributed by atoms with Crippen LogP contribution in [-0.4, -0.2) is 11.1 Å². The predicted octanol–water partition coefficient (Wildman–Crippen LogP) is 2.68. The van der Waals surface area contributed by atoms with E-state index in [1.54, 1.807) is 0 Å². The number of carboxylic acid groups (broad SMARTS) is 1. The van der Waals surface area contributed by atoms with Gasteiger partial charge in [0.15, 0.2) is 0 Å². The molecule has 0 bridgehead atoms. The van der Waals surface area contributed by atoms with Gasteiger partial charge in [-0.25, -0.2) is 0 Å². The van der Waals surface area contributed by atoms with Crippen LogP contribution < -0.4 is 0 Å². The Labute approximate surface area is 74.0 Å². The molecule has 1 aliphatic carbocycles. The minimum absolute atomic E-state index is 0.324. The molecule has 0 radical (unpaired) electrons. The summed E-state index contributed by atoms with van der Waals surface area (Å²) in [6.07, 6.45) is 5.20. The number of hydrogen-bond acceptors (Lipinski definition) is 1. The highest BCUT2D eigenvalue weighted by Crippen LogP contribution is 2.55. The third-order valence-corrected chi connectivity index (χ3v) is 3.11. The lowest BCUT2D eigenvalue weighted by Gasteiger charge is -2.09. The third-order valence-electron chi connectivity index (χ3n) is 3.11. The molecule has 2 nitrogen and oxygen atoms in total. The Balaban J connectivity index is 2.33. The smallest absolute Gasteiger partial charge is 0.309 e. The van der Waals surface area contributed by atoms with Gasteiger partial charge >= 0.3 is 5.97 Å². The van der Waals surface area contributed by atoms with Gasteiger partial charge in [0.25, 0.3) is 0 Å². The molecule has 2 unspecified atom stereocenters. The fourth-order valence-electron chi connectivity index (χ4n) is 1.93. The van der Waals surface area contributed by atoms with Crippen molar-refractivity contribution in [3.8, 4) is 0 Å². The lowest BCUT2D eigenvalue weighted by molar-refractivity contribution is -0.144. The van der Waals surface area contributed by atoms with Crippen molar-refractivity contribution in [1.82, 2.24) is 0 Å². The van der Waals surface area contributed by atoms with Crippen molar-refractivity contribution in [3.05, 3.63) is 0 Å². The Kier molecular flexibility index (Phi) is 2.76. The number of carboxylic acids is 1. The van der Waals surface area contributed by atoms with E-state index in [-0.39, 0.29) is 5.41 Å². The second kappa shape index (κ2) is 3.46. The third kappa shape index (κ3) is 1.62. The van der Waals surface area contributed by atoms with Gasteiger partial charge in [0.1, 0.15) is 0 Å². The molecule has 0 amide bonds. The molecule has 0 spiro atoms. The molecule has 0 saturated heterocycles. The molecular weight excluding hydrogens is 152 g/mol. The minimum atomic E-state index is -0.578. The molecule has 0 aliphatic heterocycles. The van der Waals surface area contributed by atoms with Gasteiger partial charge in [-0.15, -0.1) is 0 Å². The van der Waals surface area contributed by atoms with Crippen LogP contribution in [0.1, 0.15) is 46.0 Å². The van der Waals surface area contributed by atoms with E-state index in [0.717, 1.165) is 19.3 Å². The van der Waals surface area contributed by atoms with Crippen LogP contribution in [0.4, 0.5) is 0 Å². The van der Waals surface area contributed by atoms with E-state index in [2.05, 4.69) is 6.92 Å². The molecule has 1 N–H and O–H groups in total. The van der Waals surface area contributed by atoms with Gasteiger partial charge in [-0.2, -0.15) is 0 Å². The Bertz CT molecular complexity index is 177. The maximum absolute atomic E-state index is 10.9. The van der Waals surface area contributed by atoms with Crippen LogP contribution in [0.25, 0.3) is 0 Å². The van der Waals surface area contributed by atoms with E-state index in [0.29, 0.717) is 5.92 Å². The topological polar surface area (TPSA) is 37.3 Å². The van der Waals surface area contributed by atoms with Crippen LogP contribution in [0.3, 0.4) is 0 Å². The zero-order valence-electron chi connectivity index (χ0n) is 7.97. The van der Waals surface area contributed by atoms with Gasteiger partial charge in [0.2, 0.25) is 0 Å². The molecule has 1 rings (SSSR count). The van der Waals surface area contributed by atoms with Gasteiger partial charge in [0.05, 0.1) is 5.41 Å². The largest absolute Gasteiger partial charge is 0.481 e. The average Bonchev–Trinajstić information content (AvgIpc) is 2.64. The summed E-state index contributed by atoms with van der Waals surface area (Å²) in [5, 5.41) is 8.97. The highest BCUT2D eigenvalue weighted by Gasteiger charge is 2.56. The molecule has 1 fully saturated rings. The molecule has 2 heteroatoms. The summed E-state index contributed by atoms with van der Waals surface area (Å²) in [7, 11) is 0. The monoisotopic (exact) mass is 170 g/mol. The maximum atomic E-state index is 10.9. The van der Waals surface area contributed by atoms with Crippen molar-refractivity contribution in [3.63, 3.8) is 0 Å². The number of hydrogen-bond donors (Lipinski definition) is 1. The summed E-state index contributed by atoms with van der Waals surface area (Å²) in [5.41, 5.74) is -0.324. The molecule has 0 heterocycles. The van der Waals surface area contributed by atoms with E-state index >= 15 is 0 Å². The number of rotatable bonds is 5. The lowest BCUT2D eigenvalue weighted by Crippen LogP contribution is -2.16. The van der Waals surface area contributed by atoms with E-state index < -0.39 is 5.97 Å². The second-order valence-electron chi connectivity index (χ2n) is 4.02. The van der Waals surface area contributed by atoms with E-state index in [1.165, 1.54) is 12.8 Å². The van der Waals surface area contributed by atoms with Crippen LogP contribution in [0.5, 0.6) is 0 Å². The first kappa shape index (κ1) is 9.56. The summed E-state index contributed by atoms with van der Waals surface area (Å²) in [6, 6.07) is 0. The summed E-state index contributed by atoms with van der Waals surface area (Å²) in [5.74, 6) is -0.169. The molecular formula is C10H18O2. The normalized spacial score (nSPS) is 33.3. The molecule has 0 aromatic carbocycles. The van der Waals surface area contributed by atoms with Crippen molar-refractivity contribution in [2.24, 2.45) is 11.3 Å². The highest BCUT2D eigenvalue weighted by molar-refractivity contribution is 5.78. The molecule has 1 aliphatic rings. The average molecular weight is 170 g/mol. The van der Waals surface area contributed by atoms with Crippen LogP contribution in [0.2, 0.25) is 0 Å². The Morgan fingerprint density at radius 3 is 2.50 bits per heavy atom. The zero-order chi connectivity index (χ0) is 9.19. The van der Waals surface area contributed by atoms with Crippen molar-refractivity contribution in [2.45, 2.75) is 46.0 Å². The molecule has 1 saturated carbocycles. The standard InChI is InChI=1S/C10H18O2/c1-3-4-5-6-10(9(11)12)7-8(10)2/h8H,3-7H2,1-2H3,(H,11,12). The Morgan fingerprint density at radius 1 is 1.58 bits per heavy atom. The number of unbranched alkanes of at least 4 members (excludes halogenated alkanes) is 2. The van der Waals surface area contributed by atoms with Gasteiger partial charge < -0.3 is 5.11 Å². The summed E-state index contributed by atoms with van der Waals surface area (Å²) >= 11 is 0. The van der Waals surface area contributed by atoms with Crippen molar-refractivity contribution < 1.29 is 9.90 Å². The van der Waals surface area contributed by atoms with E-state index in [9.17, 15) is 4.79 Å². The van der Waals surface area contributed by atoms with Crippen LogP contribution in [0, 0.1) is 11.3 Å². The van der Waals surface area contributed by atoms with Gasteiger partial charge in [0, 0.05) is 0 Å². The van der Waals surface area contributed by atoms with E-state index in [4.69, 9.17) is 5.11 Å². The molecule has 70 valence electrons. The van der Waals surface area contributed by atoms with Crippen LogP contribution >= 0.6 is 0 Å². The Hall–Kier alpha value is -0.530. The number of aliphatic carboxylic acids is 1. The number of carbonyl (C=O) groups is 1. The van der Waals surface area contributed by atoms with Gasteiger partial charge in [-0.3, -0.25) is 4.79 Å². The molecule has 0 aromatic heterocycles. The van der Waals surface area contributed by atoms with Crippen LogP contribution in [0.15, 0.2) is 0 Å². The second-order valence-corrected chi connectivity index (χ2v) is 4.02. The van der Waals surface area contributed by atoms with Gasteiger partial charge in [-0.1, -0.05) is 33.1 Å². The zero-order valence-corrected chi connectivity index (χ0v) is 7.97. The van der Waals surface area contributed by atoms with Gasteiger partial charge in [-0.05, 0) is 18.8 Å². The lowest BCUT2D eigenvalue weighted by atomic mass is 9.96. The highest BCUT2D eigenvalue weighted by atomic mass is 16.4. The first-order chi connectivity index (χ1) is 5.63.